The van der Waals surface area contributed by atoms with E-state index in [1.54, 1.807) is 6.20 Å². The molecule has 3 nitrogen and oxygen atoms in total. The van der Waals surface area contributed by atoms with Crippen molar-refractivity contribution in [3.05, 3.63) is 36.7 Å². The zero-order chi connectivity index (χ0) is 9.36. The molecule has 0 amide bonds. The predicted octanol–water partition coefficient (Wildman–Crippen LogP) is 1.53. The topological polar surface area (TPSA) is 37.8 Å². The first-order chi connectivity index (χ1) is 6.43. The SMILES string of the molecule is C=CCCCNCc1cccnn1. The molecule has 70 valence electrons. The fraction of sp³-hybridized carbons (Fsp3) is 0.400. The van der Waals surface area contributed by atoms with Crippen molar-refractivity contribution < 1.29 is 0 Å². The Morgan fingerprint density at radius 1 is 1.54 bits per heavy atom. The van der Waals surface area contributed by atoms with E-state index in [0.29, 0.717) is 0 Å². The maximum absolute atomic E-state index is 3.96. The van der Waals surface area contributed by atoms with Crippen LogP contribution in [0.5, 0.6) is 0 Å². The van der Waals surface area contributed by atoms with Gasteiger partial charge in [-0.15, -0.1) is 6.58 Å². The summed E-state index contributed by atoms with van der Waals surface area (Å²) >= 11 is 0. The first-order valence-corrected chi connectivity index (χ1v) is 4.51. The van der Waals surface area contributed by atoms with Crippen molar-refractivity contribution in [3.63, 3.8) is 0 Å². The van der Waals surface area contributed by atoms with Crippen molar-refractivity contribution in [2.24, 2.45) is 0 Å². The molecule has 1 N–H and O–H groups in total. The number of aromatic nitrogens is 2. The Hall–Kier alpha value is -1.22. The van der Waals surface area contributed by atoms with Crippen molar-refractivity contribution >= 4 is 0 Å². The Bertz CT molecular complexity index is 233. The molecule has 0 aliphatic carbocycles. The predicted molar refractivity (Wildman–Crippen MR) is 53.2 cm³/mol. The van der Waals surface area contributed by atoms with Crippen LogP contribution in [-0.2, 0) is 6.54 Å². The average Bonchev–Trinajstić information content (AvgIpc) is 2.19. The highest BCUT2D eigenvalue weighted by molar-refractivity contribution is 4.98. The number of nitrogens with one attached hydrogen (secondary N) is 1. The minimum absolute atomic E-state index is 0.797. The van der Waals surface area contributed by atoms with Gasteiger partial charge in [-0.3, -0.25) is 0 Å². The Morgan fingerprint density at radius 2 is 2.46 bits per heavy atom. The number of allylic oxidation sites excluding steroid dienone is 1. The monoisotopic (exact) mass is 177 g/mol. The first-order valence-electron chi connectivity index (χ1n) is 4.51. The van der Waals surface area contributed by atoms with Gasteiger partial charge in [-0.25, -0.2) is 0 Å². The number of unbranched alkanes of at least 4 members (excludes halogenated alkanes) is 1. The largest absolute Gasteiger partial charge is 0.311 e. The van der Waals surface area contributed by atoms with E-state index in [-0.39, 0.29) is 0 Å². The minimum atomic E-state index is 0.797. The van der Waals surface area contributed by atoms with Crippen LogP contribution in [0.2, 0.25) is 0 Å². The summed E-state index contributed by atoms with van der Waals surface area (Å²) in [5.74, 6) is 0. The van der Waals surface area contributed by atoms with Crippen molar-refractivity contribution in [2.45, 2.75) is 19.4 Å². The summed E-state index contributed by atoms with van der Waals surface area (Å²) in [4.78, 5) is 0. The zero-order valence-corrected chi connectivity index (χ0v) is 7.74. The standard InChI is InChI=1S/C10H15N3/c1-2-3-4-7-11-9-10-6-5-8-12-13-10/h2,5-6,8,11H,1,3-4,7,9H2. The van der Waals surface area contributed by atoms with Gasteiger partial charge in [0.2, 0.25) is 0 Å². The van der Waals surface area contributed by atoms with E-state index in [1.807, 2.05) is 18.2 Å². The summed E-state index contributed by atoms with van der Waals surface area (Å²) in [5.41, 5.74) is 0.987. The Kier molecular flexibility index (Phi) is 4.79. The van der Waals surface area contributed by atoms with Gasteiger partial charge in [-0.2, -0.15) is 10.2 Å². The molecule has 0 radical (unpaired) electrons. The molecule has 0 bridgehead atoms. The maximum atomic E-state index is 3.96. The molecule has 3 heteroatoms. The molecule has 13 heavy (non-hydrogen) atoms. The molecular formula is C10H15N3. The van der Waals surface area contributed by atoms with Crippen LogP contribution < -0.4 is 5.32 Å². The van der Waals surface area contributed by atoms with Gasteiger partial charge >= 0.3 is 0 Å². The third-order valence-corrected chi connectivity index (χ3v) is 1.70. The number of rotatable bonds is 6. The quantitative estimate of drug-likeness (QED) is 0.529. The third kappa shape index (κ3) is 4.38. The van der Waals surface area contributed by atoms with Crippen LogP contribution in [0.4, 0.5) is 0 Å². The van der Waals surface area contributed by atoms with E-state index < -0.39 is 0 Å². The molecule has 0 spiro atoms. The van der Waals surface area contributed by atoms with Gasteiger partial charge in [0.1, 0.15) is 0 Å². The summed E-state index contributed by atoms with van der Waals surface area (Å²) in [6, 6.07) is 3.86. The van der Waals surface area contributed by atoms with Crippen LogP contribution in [0.25, 0.3) is 0 Å². The Morgan fingerprint density at radius 3 is 3.15 bits per heavy atom. The molecule has 0 saturated carbocycles. The van der Waals surface area contributed by atoms with Crippen molar-refractivity contribution in [1.82, 2.24) is 15.5 Å². The molecule has 0 aliphatic heterocycles. The van der Waals surface area contributed by atoms with Gasteiger partial charge in [-0.1, -0.05) is 6.08 Å². The molecule has 0 fully saturated rings. The zero-order valence-electron chi connectivity index (χ0n) is 7.74. The van der Waals surface area contributed by atoms with Crippen molar-refractivity contribution in [2.75, 3.05) is 6.54 Å². The number of nitrogens with zero attached hydrogens (tertiary/aromatic N) is 2. The molecule has 0 aliphatic rings. The van der Waals surface area contributed by atoms with Crippen molar-refractivity contribution in [1.29, 1.82) is 0 Å². The summed E-state index contributed by atoms with van der Waals surface area (Å²) in [6.07, 6.45) is 5.81. The molecule has 1 heterocycles. The highest BCUT2D eigenvalue weighted by atomic mass is 15.1. The van der Waals surface area contributed by atoms with E-state index in [2.05, 4.69) is 22.1 Å². The van der Waals surface area contributed by atoms with Crippen LogP contribution in [0.15, 0.2) is 31.0 Å². The molecule has 1 rings (SSSR count). The second-order valence-electron chi connectivity index (χ2n) is 2.82. The van der Waals surface area contributed by atoms with Gasteiger partial charge in [0, 0.05) is 12.7 Å². The highest BCUT2D eigenvalue weighted by Crippen LogP contribution is 1.91. The lowest BCUT2D eigenvalue weighted by Gasteiger charge is -2.01. The molecule has 0 saturated heterocycles. The van der Waals surface area contributed by atoms with Gasteiger partial charge in [0.05, 0.1) is 5.69 Å². The number of hydrogen-bond donors (Lipinski definition) is 1. The lowest BCUT2D eigenvalue weighted by atomic mass is 10.3. The van der Waals surface area contributed by atoms with Crippen LogP contribution in [0.3, 0.4) is 0 Å². The highest BCUT2D eigenvalue weighted by Gasteiger charge is 1.91. The fourth-order valence-electron chi connectivity index (χ4n) is 1.02. The van der Waals surface area contributed by atoms with Gasteiger partial charge in [-0.05, 0) is 31.5 Å². The maximum Gasteiger partial charge on any atom is 0.0768 e. The van der Waals surface area contributed by atoms with Crippen LogP contribution in [-0.4, -0.2) is 16.7 Å². The molecule has 0 aromatic carbocycles. The van der Waals surface area contributed by atoms with E-state index in [1.165, 1.54) is 0 Å². The Labute approximate surface area is 78.9 Å². The first kappa shape index (κ1) is 9.86. The van der Waals surface area contributed by atoms with Crippen LogP contribution in [0, 0.1) is 0 Å². The van der Waals surface area contributed by atoms with Gasteiger partial charge in [0.15, 0.2) is 0 Å². The van der Waals surface area contributed by atoms with E-state index in [0.717, 1.165) is 31.6 Å². The lowest BCUT2D eigenvalue weighted by Crippen LogP contribution is -2.15. The molecule has 1 aromatic rings. The van der Waals surface area contributed by atoms with Gasteiger partial charge in [0.25, 0.3) is 0 Å². The van der Waals surface area contributed by atoms with E-state index in [4.69, 9.17) is 0 Å². The van der Waals surface area contributed by atoms with Crippen LogP contribution >= 0.6 is 0 Å². The summed E-state index contributed by atoms with van der Waals surface area (Å²) in [7, 11) is 0. The summed E-state index contributed by atoms with van der Waals surface area (Å²) < 4.78 is 0. The minimum Gasteiger partial charge on any atom is -0.311 e. The van der Waals surface area contributed by atoms with E-state index in [9.17, 15) is 0 Å². The second kappa shape index (κ2) is 6.31. The third-order valence-electron chi connectivity index (χ3n) is 1.70. The fourth-order valence-corrected chi connectivity index (χ4v) is 1.02. The van der Waals surface area contributed by atoms with Crippen LogP contribution in [0.1, 0.15) is 18.5 Å². The smallest absolute Gasteiger partial charge is 0.0768 e. The average molecular weight is 177 g/mol. The molecule has 0 unspecified atom stereocenters. The van der Waals surface area contributed by atoms with Gasteiger partial charge < -0.3 is 5.32 Å². The molecule has 1 aromatic heterocycles. The van der Waals surface area contributed by atoms with E-state index >= 15 is 0 Å². The summed E-state index contributed by atoms with van der Waals surface area (Å²) in [5, 5.41) is 11.0. The summed E-state index contributed by atoms with van der Waals surface area (Å²) in [6.45, 7) is 5.47. The molecular weight excluding hydrogens is 162 g/mol. The Balaban J connectivity index is 2.10. The van der Waals surface area contributed by atoms with Crippen molar-refractivity contribution in [3.8, 4) is 0 Å². The lowest BCUT2D eigenvalue weighted by molar-refractivity contribution is 0.640. The normalized spacial score (nSPS) is 9.85. The molecule has 0 atom stereocenters. The number of hydrogen-bond acceptors (Lipinski definition) is 3. The second-order valence-corrected chi connectivity index (χ2v) is 2.82.